The Hall–Kier alpha value is -2.00. The van der Waals surface area contributed by atoms with E-state index in [-0.39, 0.29) is 5.75 Å². The van der Waals surface area contributed by atoms with Crippen molar-refractivity contribution in [2.45, 2.75) is 18.9 Å². The van der Waals surface area contributed by atoms with Crippen LogP contribution in [0.25, 0.3) is 10.9 Å². The molecule has 1 atom stereocenters. The van der Waals surface area contributed by atoms with E-state index in [0.717, 1.165) is 29.5 Å². The van der Waals surface area contributed by atoms with Crippen molar-refractivity contribution < 1.29 is 10.2 Å². The molecule has 3 rings (SSSR count). The van der Waals surface area contributed by atoms with Crippen molar-refractivity contribution in [1.29, 1.82) is 0 Å². The Morgan fingerprint density at radius 1 is 1.22 bits per heavy atom. The van der Waals surface area contributed by atoms with Gasteiger partial charge in [0.15, 0.2) is 0 Å². The summed E-state index contributed by atoms with van der Waals surface area (Å²) in [4.78, 5) is 3.08. The van der Waals surface area contributed by atoms with Crippen LogP contribution >= 0.6 is 0 Å². The summed E-state index contributed by atoms with van der Waals surface area (Å²) in [6.45, 7) is 0. The highest BCUT2D eigenvalue weighted by Gasteiger charge is 2.18. The smallest absolute Gasteiger partial charge is 0.125 e. The van der Waals surface area contributed by atoms with E-state index in [4.69, 9.17) is 0 Å². The van der Waals surface area contributed by atoms with Gasteiger partial charge in [-0.15, -0.1) is 0 Å². The molecule has 1 unspecified atom stereocenters. The van der Waals surface area contributed by atoms with Crippen LogP contribution in [0.3, 0.4) is 0 Å². The van der Waals surface area contributed by atoms with Crippen LogP contribution in [-0.2, 0) is 0 Å². The van der Waals surface area contributed by atoms with Crippen molar-refractivity contribution in [3.05, 3.63) is 53.8 Å². The van der Waals surface area contributed by atoms with E-state index in [1.54, 1.807) is 18.3 Å². The molecule has 1 aromatic heterocycles. The maximum atomic E-state index is 10.4. The Morgan fingerprint density at radius 3 is 2.89 bits per heavy atom. The summed E-state index contributed by atoms with van der Waals surface area (Å²) in [5.74, 6) is 0.197. The molecule has 1 aliphatic rings. The molecule has 3 heteroatoms. The average Bonchev–Trinajstić information content (AvgIpc) is 2.84. The molecule has 0 aliphatic heterocycles. The molecule has 1 aromatic carbocycles. The second kappa shape index (κ2) is 4.35. The molecule has 0 bridgehead atoms. The summed E-state index contributed by atoms with van der Waals surface area (Å²) >= 11 is 0. The molecule has 92 valence electrons. The third kappa shape index (κ3) is 1.73. The Balaban J connectivity index is 2.09. The highest BCUT2D eigenvalue weighted by atomic mass is 16.3. The standard InChI is InChI=1S/C15H15NO2/c17-13-8-4-7-12-14(13)11(9-16-12)15(18)10-5-2-1-3-6-10/h2,4-9,15-18H,1,3H2. The van der Waals surface area contributed by atoms with Crippen molar-refractivity contribution in [2.75, 3.05) is 0 Å². The molecule has 0 spiro atoms. The number of fused-ring (bicyclic) bond motifs is 1. The lowest BCUT2D eigenvalue weighted by Crippen LogP contribution is -2.01. The van der Waals surface area contributed by atoms with E-state index in [9.17, 15) is 10.2 Å². The maximum Gasteiger partial charge on any atom is 0.125 e. The summed E-state index contributed by atoms with van der Waals surface area (Å²) in [6, 6.07) is 5.30. The van der Waals surface area contributed by atoms with Crippen molar-refractivity contribution in [1.82, 2.24) is 4.98 Å². The van der Waals surface area contributed by atoms with E-state index >= 15 is 0 Å². The van der Waals surface area contributed by atoms with E-state index in [1.165, 1.54) is 0 Å². The predicted molar refractivity (Wildman–Crippen MR) is 71.4 cm³/mol. The molecule has 0 fully saturated rings. The number of phenolic OH excluding ortho intramolecular Hbond substituents is 1. The lowest BCUT2D eigenvalue weighted by atomic mass is 9.96. The lowest BCUT2D eigenvalue weighted by Gasteiger charge is -2.14. The van der Waals surface area contributed by atoms with Crippen LogP contribution in [0.2, 0.25) is 0 Å². The minimum atomic E-state index is -0.691. The number of phenols is 1. The zero-order valence-electron chi connectivity index (χ0n) is 9.93. The second-order valence-corrected chi connectivity index (χ2v) is 4.53. The molecule has 0 saturated carbocycles. The van der Waals surface area contributed by atoms with Crippen LogP contribution in [0.5, 0.6) is 5.75 Å². The zero-order chi connectivity index (χ0) is 12.5. The quantitative estimate of drug-likeness (QED) is 0.756. The number of aromatic hydroxyl groups is 1. The van der Waals surface area contributed by atoms with Gasteiger partial charge in [0.05, 0.1) is 0 Å². The second-order valence-electron chi connectivity index (χ2n) is 4.53. The molecule has 3 N–H and O–H groups in total. The van der Waals surface area contributed by atoms with Gasteiger partial charge in [-0.05, 0) is 30.5 Å². The summed E-state index contributed by atoms with van der Waals surface area (Å²) in [7, 11) is 0. The van der Waals surface area contributed by atoms with Gasteiger partial charge in [0.1, 0.15) is 11.9 Å². The number of aliphatic hydroxyl groups is 1. The Labute approximate surface area is 105 Å². The fraction of sp³-hybridized carbons (Fsp3) is 0.200. The molecular weight excluding hydrogens is 226 g/mol. The number of hydrogen-bond donors (Lipinski definition) is 3. The van der Waals surface area contributed by atoms with Crippen molar-refractivity contribution in [3.8, 4) is 5.75 Å². The van der Waals surface area contributed by atoms with E-state index < -0.39 is 6.10 Å². The summed E-state index contributed by atoms with van der Waals surface area (Å²) in [5, 5.41) is 21.0. The van der Waals surface area contributed by atoms with Gasteiger partial charge >= 0.3 is 0 Å². The van der Waals surface area contributed by atoms with Crippen molar-refractivity contribution in [2.24, 2.45) is 0 Å². The molecule has 0 saturated heterocycles. The Bertz CT molecular complexity index is 637. The predicted octanol–water partition coefficient (Wildman–Crippen LogP) is 3.18. The number of allylic oxidation sites excluding steroid dienone is 2. The fourth-order valence-electron chi connectivity index (χ4n) is 2.42. The van der Waals surface area contributed by atoms with Gasteiger partial charge in [-0.1, -0.05) is 24.3 Å². The first-order valence-corrected chi connectivity index (χ1v) is 6.11. The van der Waals surface area contributed by atoms with Gasteiger partial charge in [-0.3, -0.25) is 0 Å². The van der Waals surface area contributed by atoms with Gasteiger partial charge in [-0.25, -0.2) is 0 Å². The van der Waals surface area contributed by atoms with Gasteiger partial charge < -0.3 is 15.2 Å². The first-order chi connectivity index (χ1) is 8.77. The molecular formula is C15H15NO2. The van der Waals surface area contributed by atoms with E-state index in [1.807, 2.05) is 18.2 Å². The number of hydrogen-bond acceptors (Lipinski definition) is 2. The van der Waals surface area contributed by atoms with Crippen LogP contribution in [0, 0.1) is 0 Å². The van der Waals surface area contributed by atoms with Crippen LogP contribution in [0.15, 0.2) is 48.2 Å². The van der Waals surface area contributed by atoms with Crippen LogP contribution in [0.4, 0.5) is 0 Å². The lowest BCUT2D eigenvalue weighted by molar-refractivity contribution is 0.220. The molecule has 3 nitrogen and oxygen atoms in total. The first kappa shape index (κ1) is 11.1. The van der Waals surface area contributed by atoms with E-state index in [2.05, 4.69) is 11.1 Å². The number of aromatic nitrogens is 1. The van der Waals surface area contributed by atoms with Crippen LogP contribution < -0.4 is 0 Å². The fourth-order valence-corrected chi connectivity index (χ4v) is 2.42. The van der Waals surface area contributed by atoms with Gasteiger partial charge in [0, 0.05) is 22.7 Å². The molecule has 2 aromatic rings. The maximum absolute atomic E-state index is 10.4. The number of aromatic amines is 1. The van der Waals surface area contributed by atoms with E-state index in [0.29, 0.717) is 5.39 Å². The van der Waals surface area contributed by atoms with Crippen LogP contribution in [-0.4, -0.2) is 15.2 Å². The molecule has 18 heavy (non-hydrogen) atoms. The normalized spacial score (nSPS) is 16.8. The summed E-state index contributed by atoms with van der Waals surface area (Å²) in [5.41, 5.74) is 2.45. The number of aliphatic hydroxyl groups excluding tert-OH is 1. The Kier molecular flexibility index (Phi) is 2.68. The molecule has 0 radical (unpaired) electrons. The first-order valence-electron chi connectivity index (χ1n) is 6.11. The third-order valence-electron chi connectivity index (χ3n) is 3.35. The third-order valence-corrected chi connectivity index (χ3v) is 3.35. The summed E-state index contributed by atoms with van der Waals surface area (Å²) in [6.07, 6.45) is 9.11. The SMILES string of the molecule is Oc1cccc2[nH]cc(C(O)C3=CCCC=C3)c12. The minimum Gasteiger partial charge on any atom is -0.507 e. The highest BCUT2D eigenvalue weighted by molar-refractivity contribution is 5.89. The number of nitrogens with one attached hydrogen (secondary N) is 1. The highest BCUT2D eigenvalue weighted by Crippen LogP contribution is 2.35. The van der Waals surface area contributed by atoms with Crippen molar-refractivity contribution in [3.63, 3.8) is 0 Å². The average molecular weight is 241 g/mol. The summed E-state index contributed by atoms with van der Waals surface area (Å²) < 4.78 is 0. The minimum absolute atomic E-state index is 0.197. The molecule has 1 aliphatic carbocycles. The molecule has 0 amide bonds. The zero-order valence-corrected chi connectivity index (χ0v) is 9.93. The number of H-pyrrole nitrogens is 1. The monoisotopic (exact) mass is 241 g/mol. The molecule has 1 heterocycles. The van der Waals surface area contributed by atoms with Gasteiger partial charge in [0.2, 0.25) is 0 Å². The number of benzene rings is 1. The Morgan fingerprint density at radius 2 is 2.11 bits per heavy atom. The van der Waals surface area contributed by atoms with Crippen molar-refractivity contribution >= 4 is 10.9 Å². The largest absolute Gasteiger partial charge is 0.507 e. The van der Waals surface area contributed by atoms with Gasteiger partial charge in [0.25, 0.3) is 0 Å². The van der Waals surface area contributed by atoms with Crippen LogP contribution in [0.1, 0.15) is 24.5 Å². The topological polar surface area (TPSA) is 56.2 Å². The van der Waals surface area contributed by atoms with Gasteiger partial charge in [-0.2, -0.15) is 0 Å². The number of rotatable bonds is 2.